The standard InChI is InChI=1S/C15H17BrN2O2S/c1-10-3-8-15(14(17)9-10)21(19,20)18-11(2)12-4-6-13(16)7-5-12/h3-9,11,18H,17H2,1-2H3. The van der Waals surface area contributed by atoms with Crippen LogP contribution in [0.3, 0.4) is 0 Å². The van der Waals surface area contributed by atoms with Gasteiger partial charge in [-0.2, -0.15) is 0 Å². The number of nitrogen functional groups attached to an aromatic ring is 1. The molecule has 112 valence electrons. The molecule has 6 heteroatoms. The highest BCUT2D eigenvalue weighted by atomic mass is 79.9. The highest BCUT2D eigenvalue weighted by Crippen LogP contribution is 2.23. The topological polar surface area (TPSA) is 72.2 Å². The Labute approximate surface area is 133 Å². The number of rotatable bonds is 4. The molecule has 0 aliphatic heterocycles. The van der Waals surface area contributed by atoms with Crippen LogP contribution in [0.4, 0.5) is 5.69 Å². The van der Waals surface area contributed by atoms with Gasteiger partial charge in [-0.15, -0.1) is 0 Å². The Balaban J connectivity index is 2.26. The fraction of sp³-hybridized carbons (Fsp3) is 0.200. The number of nitrogens with two attached hydrogens (primary N) is 1. The number of hydrogen-bond donors (Lipinski definition) is 2. The van der Waals surface area contributed by atoms with Crippen molar-refractivity contribution in [3.63, 3.8) is 0 Å². The first kappa shape index (κ1) is 16.0. The quantitative estimate of drug-likeness (QED) is 0.812. The summed E-state index contributed by atoms with van der Waals surface area (Å²) in [5.74, 6) is 0. The van der Waals surface area contributed by atoms with E-state index < -0.39 is 10.0 Å². The summed E-state index contributed by atoms with van der Waals surface area (Å²) >= 11 is 3.35. The lowest BCUT2D eigenvalue weighted by molar-refractivity contribution is 0.567. The van der Waals surface area contributed by atoms with Crippen LogP contribution in [-0.2, 0) is 10.0 Å². The number of nitrogens with one attached hydrogen (secondary N) is 1. The van der Waals surface area contributed by atoms with Crippen molar-refractivity contribution in [2.24, 2.45) is 0 Å². The zero-order valence-electron chi connectivity index (χ0n) is 11.8. The van der Waals surface area contributed by atoms with E-state index in [0.29, 0.717) is 0 Å². The first-order valence-corrected chi connectivity index (χ1v) is 8.71. The average molecular weight is 369 g/mol. The molecule has 0 aromatic heterocycles. The molecule has 3 N–H and O–H groups in total. The molecule has 0 radical (unpaired) electrons. The average Bonchev–Trinajstić information content (AvgIpc) is 2.38. The molecule has 0 spiro atoms. The highest BCUT2D eigenvalue weighted by Gasteiger charge is 2.20. The summed E-state index contributed by atoms with van der Waals surface area (Å²) in [5, 5.41) is 0. The summed E-state index contributed by atoms with van der Waals surface area (Å²) in [7, 11) is -3.65. The first-order valence-electron chi connectivity index (χ1n) is 6.43. The minimum Gasteiger partial charge on any atom is -0.398 e. The molecule has 2 rings (SSSR count). The SMILES string of the molecule is Cc1ccc(S(=O)(=O)NC(C)c2ccc(Br)cc2)c(N)c1. The molecule has 0 fully saturated rings. The molecule has 0 amide bonds. The van der Waals surface area contributed by atoms with E-state index >= 15 is 0 Å². The molecular weight excluding hydrogens is 352 g/mol. The minimum absolute atomic E-state index is 0.108. The summed E-state index contributed by atoms with van der Waals surface area (Å²) in [6, 6.07) is 12.1. The van der Waals surface area contributed by atoms with Crippen LogP contribution in [0.15, 0.2) is 51.8 Å². The second-order valence-electron chi connectivity index (χ2n) is 4.94. The second-order valence-corrected chi connectivity index (χ2v) is 7.53. The number of aryl methyl sites for hydroxylation is 1. The third-order valence-electron chi connectivity index (χ3n) is 3.16. The van der Waals surface area contributed by atoms with Crippen molar-refractivity contribution in [1.29, 1.82) is 0 Å². The Morgan fingerprint density at radius 3 is 2.33 bits per heavy atom. The molecule has 0 saturated carbocycles. The van der Waals surface area contributed by atoms with Crippen molar-refractivity contribution in [1.82, 2.24) is 4.72 Å². The lowest BCUT2D eigenvalue weighted by Gasteiger charge is -2.16. The molecular formula is C15H17BrN2O2S. The summed E-state index contributed by atoms with van der Waals surface area (Å²) < 4.78 is 28.4. The lowest BCUT2D eigenvalue weighted by atomic mass is 10.1. The Morgan fingerprint density at radius 2 is 1.76 bits per heavy atom. The van der Waals surface area contributed by atoms with E-state index in [1.165, 1.54) is 6.07 Å². The zero-order valence-corrected chi connectivity index (χ0v) is 14.2. The number of hydrogen-bond acceptors (Lipinski definition) is 3. The van der Waals surface area contributed by atoms with Crippen LogP contribution in [0.25, 0.3) is 0 Å². The van der Waals surface area contributed by atoms with E-state index in [0.717, 1.165) is 15.6 Å². The van der Waals surface area contributed by atoms with Crippen LogP contribution in [0, 0.1) is 6.92 Å². The number of benzene rings is 2. The molecule has 2 aromatic carbocycles. The first-order chi connectivity index (χ1) is 9.79. The van der Waals surface area contributed by atoms with Crippen molar-refractivity contribution >= 4 is 31.6 Å². The van der Waals surface area contributed by atoms with Crippen LogP contribution in [-0.4, -0.2) is 8.42 Å². The molecule has 1 unspecified atom stereocenters. The fourth-order valence-electron chi connectivity index (χ4n) is 2.03. The van der Waals surface area contributed by atoms with Gasteiger partial charge in [0.05, 0.1) is 5.69 Å². The van der Waals surface area contributed by atoms with E-state index in [1.807, 2.05) is 31.2 Å². The van der Waals surface area contributed by atoms with Gasteiger partial charge in [0.1, 0.15) is 4.90 Å². The number of sulfonamides is 1. The second kappa shape index (κ2) is 6.17. The van der Waals surface area contributed by atoms with Crippen molar-refractivity contribution in [3.8, 4) is 0 Å². The van der Waals surface area contributed by atoms with Gasteiger partial charge in [-0.3, -0.25) is 0 Å². The number of halogens is 1. The van der Waals surface area contributed by atoms with E-state index in [1.54, 1.807) is 19.1 Å². The molecule has 0 heterocycles. The largest absolute Gasteiger partial charge is 0.398 e. The molecule has 0 bridgehead atoms. The Kier molecular flexibility index (Phi) is 4.70. The van der Waals surface area contributed by atoms with Crippen LogP contribution in [0.1, 0.15) is 24.1 Å². The molecule has 2 aromatic rings. The molecule has 0 aliphatic carbocycles. The molecule has 1 atom stereocenters. The molecule has 4 nitrogen and oxygen atoms in total. The summed E-state index contributed by atoms with van der Waals surface area (Å²) in [6.07, 6.45) is 0. The highest BCUT2D eigenvalue weighted by molar-refractivity contribution is 9.10. The molecule has 21 heavy (non-hydrogen) atoms. The maximum absolute atomic E-state index is 12.4. The van der Waals surface area contributed by atoms with Crippen molar-refractivity contribution in [2.75, 3.05) is 5.73 Å². The van der Waals surface area contributed by atoms with E-state index in [2.05, 4.69) is 20.7 Å². The molecule has 0 aliphatic rings. The Hall–Kier alpha value is -1.37. The zero-order chi connectivity index (χ0) is 15.6. The van der Waals surface area contributed by atoms with Gasteiger partial charge in [0.2, 0.25) is 10.0 Å². The summed E-state index contributed by atoms with van der Waals surface area (Å²) in [6.45, 7) is 3.66. The van der Waals surface area contributed by atoms with Crippen molar-refractivity contribution in [2.45, 2.75) is 24.8 Å². The Bertz CT molecular complexity index is 743. The van der Waals surface area contributed by atoms with Gasteiger partial charge >= 0.3 is 0 Å². The Morgan fingerprint density at radius 1 is 1.14 bits per heavy atom. The summed E-state index contributed by atoms with van der Waals surface area (Å²) in [5.41, 5.74) is 7.88. The maximum atomic E-state index is 12.4. The van der Waals surface area contributed by atoms with Gasteiger partial charge in [-0.05, 0) is 49.2 Å². The van der Waals surface area contributed by atoms with Crippen LogP contribution in [0.5, 0.6) is 0 Å². The minimum atomic E-state index is -3.65. The van der Waals surface area contributed by atoms with Crippen LogP contribution in [0.2, 0.25) is 0 Å². The predicted molar refractivity (Wildman–Crippen MR) is 88.5 cm³/mol. The van der Waals surface area contributed by atoms with Gasteiger partial charge in [0.15, 0.2) is 0 Å². The number of anilines is 1. The normalized spacial score (nSPS) is 13.1. The fourth-order valence-corrected chi connectivity index (χ4v) is 3.64. The van der Waals surface area contributed by atoms with Gasteiger partial charge in [0.25, 0.3) is 0 Å². The summed E-state index contributed by atoms with van der Waals surface area (Å²) in [4.78, 5) is 0.108. The van der Waals surface area contributed by atoms with Gasteiger partial charge in [0, 0.05) is 10.5 Å². The molecule has 0 saturated heterocycles. The predicted octanol–water partition coefficient (Wildman–Crippen LogP) is 3.38. The third kappa shape index (κ3) is 3.84. The maximum Gasteiger partial charge on any atom is 0.243 e. The van der Waals surface area contributed by atoms with Gasteiger partial charge < -0.3 is 5.73 Å². The third-order valence-corrected chi connectivity index (χ3v) is 5.30. The monoisotopic (exact) mass is 368 g/mol. The van der Waals surface area contributed by atoms with Crippen LogP contribution < -0.4 is 10.5 Å². The lowest BCUT2D eigenvalue weighted by Crippen LogP contribution is -2.27. The van der Waals surface area contributed by atoms with Gasteiger partial charge in [-0.1, -0.05) is 34.1 Å². The van der Waals surface area contributed by atoms with Crippen molar-refractivity contribution < 1.29 is 8.42 Å². The van der Waals surface area contributed by atoms with E-state index in [-0.39, 0.29) is 16.6 Å². The van der Waals surface area contributed by atoms with Crippen LogP contribution >= 0.6 is 15.9 Å². The van der Waals surface area contributed by atoms with E-state index in [9.17, 15) is 8.42 Å². The smallest absolute Gasteiger partial charge is 0.243 e. The van der Waals surface area contributed by atoms with Crippen molar-refractivity contribution in [3.05, 3.63) is 58.1 Å². The van der Waals surface area contributed by atoms with E-state index in [4.69, 9.17) is 5.73 Å². The van der Waals surface area contributed by atoms with Gasteiger partial charge in [-0.25, -0.2) is 13.1 Å².